The summed E-state index contributed by atoms with van der Waals surface area (Å²) in [5.74, 6) is 2.01. The summed E-state index contributed by atoms with van der Waals surface area (Å²) in [5.41, 5.74) is -0.208. The summed E-state index contributed by atoms with van der Waals surface area (Å²) in [6.45, 7) is 13.3. The van der Waals surface area contributed by atoms with Crippen molar-refractivity contribution in [1.29, 1.82) is 0 Å². The van der Waals surface area contributed by atoms with Crippen molar-refractivity contribution in [3.63, 3.8) is 0 Å². The molecule has 3 heterocycles. The van der Waals surface area contributed by atoms with Crippen LogP contribution in [-0.4, -0.2) is 67.4 Å². The van der Waals surface area contributed by atoms with Gasteiger partial charge in [0.25, 0.3) is 0 Å². The van der Waals surface area contributed by atoms with E-state index >= 15 is 0 Å². The number of hydrogen-bond donors (Lipinski definition) is 0. The first-order valence-corrected chi connectivity index (χ1v) is 8.30. The topological polar surface area (TPSA) is 38.1 Å². The molecule has 0 saturated carbocycles. The van der Waals surface area contributed by atoms with Gasteiger partial charge in [-0.15, -0.1) is 0 Å². The molecule has 2 aliphatic rings. The van der Waals surface area contributed by atoms with Gasteiger partial charge in [0.05, 0.1) is 26.4 Å². The number of ether oxygens (including phenoxy) is 2. The van der Waals surface area contributed by atoms with Gasteiger partial charge >= 0.3 is 0 Å². The Morgan fingerprint density at radius 2 is 2.05 bits per heavy atom. The van der Waals surface area contributed by atoms with Crippen molar-refractivity contribution in [2.24, 2.45) is 0 Å². The lowest BCUT2D eigenvalue weighted by atomic mass is 10.0. The molecule has 2 fully saturated rings. The van der Waals surface area contributed by atoms with Crippen LogP contribution in [0, 0.1) is 6.92 Å². The molecule has 1 spiro atoms. The molecule has 1 unspecified atom stereocenters. The summed E-state index contributed by atoms with van der Waals surface area (Å²) in [7, 11) is 0. The molecular formula is C17H28N2O3. The van der Waals surface area contributed by atoms with E-state index in [2.05, 4.69) is 29.7 Å². The minimum Gasteiger partial charge on any atom is -0.465 e. The van der Waals surface area contributed by atoms with Crippen molar-refractivity contribution in [1.82, 2.24) is 9.80 Å². The minimum atomic E-state index is -0.208. The molecule has 0 N–H and O–H groups in total. The Hall–Kier alpha value is -0.880. The van der Waals surface area contributed by atoms with Gasteiger partial charge in [-0.3, -0.25) is 9.80 Å². The van der Waals surface area contributed by atoms with E-state index in [0.29, 0.717) is 12.6 Å². The van der Waals surface area contributed by atoms with Crippen LogP contribution in [0.25, 0.3) is 0 Å². The molecular weight excluding hydrogens is 280 g/mol. The predicted octanol–water partition coefficient (Wildman–Crippen LogP) is 1.90. The fourth-order valence-electron chi connectivity index (χ4n) is 3.41. The highest BCUT2D eigenvalue weighted by Crippen LogP contribution is 2.25. The highest BCUT2D eigenvalue weighted by molar-refractivity contribution is 5.06. The normalized spacial score (nSPS) is 28.4. The van der Waals surface area contributed by atoms with Gasteiger partial charge in [-0.1, -0.05) is 0 Å². The molecule has 124 valence electrons. The van der Waals surface area contributed by atoms with Crippen LogP contribution in [0.4, 0.5) is 0 Å². The zero-order valence-electron chi connectivity index (χ0n) is 14.0. The third-order valence-corrected chi connectivity index (χ3v) is 4.61. The van der Waals surface area contributed by atoms with Gasteiger partial charge in [0.1, 0.15) is 17.1 Å². The molecule has 2 saturated heterocycles. The van der Waals surface area contributed by atoms with Gasteiger partial charge in [-0.25, -0.2) is 0 Å². The maximum Gasteiger partial charge on any atom is 0.118 e. The Bertz CT molecular complexity index is 488. The number of hydrogen-bond acceptors (Lipinski definition) is 5. The average Bonchev–Trinajstić information content (AvgIpc) is 2.76. The van der Waals surface area contributed by atoms with Gasteiger partial charge in [0.2, 0.25) is 0 Å². The number of aryl methyl sites for hydroxylation is 1. The molecule has 0 radical (unpaired) electrons. The summed E-state index contributed by atoms with van der Waals surface area (Å²) in [6.07, 6.45) is 0. The number of rotatable bonds is 3. The second-order valence-electron chi connectivity index (χ2n) is 6.87. The first-order valence-electron chi connectivity index (χ1n) is 8.30. The van der Waals surface area contributed by atoms with E-state index in [1.807, 2.05) is 13.0 Å². The lowest BCUT2D eigenvalue weighted by Gasteiger charge is -2.43. The smallest absolute Gasteiger partial charge is 0.118 e. The minimum absolute atomic E-state index is 0.208. The fourth-order valence-corrected chi connectivity index (χ4v) is 3.41. The van der Waals surface area contributed by atoms with E-state index in [9.17, 15) is 0 Å². The molecule has 3 rings (SSSR count). The second-order valence-corrected chi connectivity index (χ2v) is 6.87. The van der Waals surface area contributed by atoms with Gasteiger partial charge in [0.15, 0.2) is 0 Å². The molecule has 0 aromatic carbocycles. The lowest BCUT2D eigenvalue weighted by Crippen LogP contribution is -2.59. The van der Waals surface area contributed by atoms with Crippen LogP contribution >= 0.6 is 0 Å². The lowest BCUT2D eigenvalue weighted by molar-refractivity contribution is -0.145. The predicted molar refractivity (Wildman–Crippen MR) is 84.9 cm³/mol. The van der Waals surface area contributed by atoms with Crippen molar-refractivity contribution in [3.8, 4) is 0 Å². The second kappa shape index (κ2) is 6.71. The van der Waals surface area contributed by atoms with Gasteiger partial charge < -0.3 is 13.9 Å². The van der Waals surface area contributed by atoms with Crippen LogP contribution in [0.15, 0.2) is 16.5 Å². The van der Waals surface area contributed by atoms with Crippen LogP contribution in [0.3, 0.4) is 0 Å². The van der Waals surface area contributed by atoms with Crippen LogP contribution in [0.5, 0.6) is 0 Å². The third-order valence-electron chi connectivity index (χ3n) is 4.61. The highest BCUT2D eigenvalue weighted by Gasteiger charge is 2.40. The molecule has 1 aromatic rings. The van der Waals surface area contributed by atoms with E-state index in [0.717, 1.165) is 57.5 Å². The Labute approximate surface area is 133 Å². The SMILES string of the molecule is Cc1ccc(CN2CCOC3(COCCN(C(C)C)C3)C2)o1. The average molecular weight is 308 g/mol. The Kier molecular flexibility index (Phi) is 4.88. The molecule has 5 nitrogen and oxygen atoms in total. The molecule has 1 aromatic heterocycles. The largest absolute Gasteiger partial charge is 0.465 e. The van der Waals surface area contributed by atoms with E-state index in [1.165, 1.54) is 0 Å². The zero-order chi connectivity index (χ0) is 15.6. The highest BCUT2D eigenvalue weighted by atomic mass is 16.5. The molecule has 22 heavy (non-hydrogen) atoms. The van der Waals surface area contributed by atoms with Gasteiger partial charge in [0, 0.05) is 32.2 Å². The summed E-state index contributed by atoms with van der Waals surface area (Å²) < 4.78 is 17.8. The van der Waals surface area contributed by atoms with E-state index in [4.69, 9.17) is 13.9 Å². The van der Waals surface area contributed by atoms with Crippen molar-refractivity contribution >= 4 is 0 Å². The first-order chi connectivity index (χ1) is 10.6. The van der Waals surface area contributed by atoms with Crippen molar-refractivity contribution in [3.05, 3.63) is 23.7 Å². The van der Waals surface area contributed by atoms with Crippen molar-refractivity contribution < 1.29 is 13.9 Å². The fraction of sp³-hybridized carbons (Fsp3) is 0.765. The number of furan rings is 1. The Morgan fingerprint density at radius 1 is 1.18 bits per heavy atom. The number of morpholine rings is 1. The summed E-state index contributed by atoms with van der Waals surface area (Å²) in [5, 5.41) is 0. The van der Waals surface area contributed by atoms with Crippen LogP contribution in [0.2, 0.25) is 0 Å². The monoisotopic (exact) mass is 308 g/mol. The first kappa shape index (κ1) is 16.0. The van der Waals surface area contributed by atoms with Crippen LogP contribution < -0.4 is 0 Å². The molecule has 0 amide bonds. The zero-order valence-corrected chi connectivity index (χ0v) is 14.0. The van der Waals surface area contributed by atoms with E-state index in [1.54, 1.807) is 0 Å². The van der Waals surface area contributed by atoms with E-state index < -0.39 is 0 Å². The van der Waals surface area contributed by atoms with Gasteiger partial charge in [-0.2, -0.15) is 0 Å². The maximum atomic E-state index is 6.20. The molecule has 5 heteroatoms. The molecule has 2 aliphatic heterocycles. The molecule has 0 bridgehead atoms. The van der Waals surface area contributed by atoms with Gasteiger partial charge in [-0.05, 0) is 32.9 Å². The van der Waals surface area contributed by atoms with Crippen molar-refractivity contribution in [2.45, 2.75) is 39.0 Å². The van der Waals surface area contributed by atoms with Crippen molar-refractivity contribution in [2.75, 3.05) is 46.0 Å². The maximum absolute atomic E-state index is 6.20. The summed E-state index contributed by atoms with van der Waals surface area (Å²) in [4.78, 5) is 4.89. The van der Waals surface area contributed by atoms with Crippen LogP contribution in [-0.2, 0) is 16.0 Å². The Morgan fingerprint density at radius 3 is 2.77 bits per heavy atom. The summed E-state index contributed by atoms with van der Waals surface area (Å²) >= 11 is 0. The third kappa shape index (κ3) is 3.71. The Balaban J connectivity index is 1.67. The summed E-state index contributed by atoms with van der Waals surface area (Å²) in [6, 6.07) is 4.62. The molecule has 0 aliphatic carbocycles. The van der Waals surface area contributed by atoms with E-state index in [-0.39, 0.29) is 5.60 Å². The standard InChI is InChI=1S/C17H28N2O3/c1-14(2)19-7-8-20-13-17(12-19)11-18(6-9-21-17)10-16-5-4-15(3)22-16/h4-5,14H,6-13H2,1-3H3. The molecule has 1 atom stereocenters. The number of nitrogens with zero attached hydrogens (tertiary/aromatic N) is 2. The van der Waals surface area contributed by atoms with Crippen LogP contribution in [0.1, 0.15) is 25.4 Å². The quantitative estimate of drug-likeness (QED) is 0.853.